The maximum Gasteiger partial charge on any atom is 0.335 e. The van der Waals surface area contributed by atoms with Crippen LogP contribution in [0.15, 0.2) is 40.3 Å². The third kappa shape index (κ3) is 5.54. The molecule has 0 radical (unpaired) electrons. The lowest BCUT2D eigenvalue weighted by molar-refractivity contribution is 0.0631. The van der Waals surface area contributed by atoms with Crippen molar-refractivity contribution in [3.8, 4) is 0 Å². The summed E-state index contributed by atoms with van der Waals surface area (Å²) in [5.41, 5.74) is 1.43. The molecule has 2 rings (SSSR count). The fraction of sp³-hybridized carbons (Fsp3) is 0.312. The first-order valence-corrected chi connectivity index (χ1v) is 8.09. The molecule has 0 atom stereocenters. The van der Waals surface area contributed by atoms with Gasteiger partial charge in [0, 0.05) is 11.8 Å². The molecule has 1 aromatic carbocycles. The highest BCUT2D eigenvalue weighted by Crippen LogP contribution is 2.19. The van der Waals surface area contributed by atoms with Crippen LogP contribution in [0.25, 0.3) is 0 Å². The van der Waals surface area contributed by atoms with Gasteiger partial charge in [0.25, 0.3) is 5.56 Å². The van der Waals surface area contributed by atoms with E-state index in [2.05, 4.69) is 9.97 Å². The number of benzene rings is 1. The molecule has 2 N–H and O–H groups in total. The third-order valence-corrected chi connectivity index (χ3v) is 3.83. The zero-order valence-electron chi connectivity index (χ0n) is 12.9. The van der Waals surface area contributed by atoms with Gasteiger partial charge in [-0.15, -0.1) is 0 Å². The Morgan fingerprint density at radius 2 is 2.17 bits per heavy atom. The minimum atomic E-state index is -0.962. The molecule has 0 aliphatic carbocycles. The maximum atomic E-state index is 11.7. The lowest BCUT2D eigenvalue weighted by Crippen LogP contribution is -2.12. The first-order chi connectivity index (χ1) is 10.9. The molecular formula is C16H18N2O4S. The van der Waals surface area contributed by atoms with Gasteiger partial charge >= 0.3 is 5.97 Å². The van der Waals surface area contributed by atoms with E-state index < -0.39 is 5.97 Å². The number of nitrogens with one attached hydrogen (secondary N) is 1. The molecule has 0 unspecified atom stereocenters. The van der Waals surface area contributed by atoms with Crippen LogP contribution < -0.4 is 5.56 Å². The Hall–Kier alpha value is -2.12. The molecule has 122 valence electrons. The summed E-state index contributed by atoms with van der Waals surface area (Å²) in [7, 11) is 0. The Labute approximate surface area is 137 Å². The highest BCUT2D eigenvalue weighted by Gasteiger charge is 2.06. The van der Waals surface area contributed by atoms with Crippen LogP contribution in [0.5, 0.6) is 0 Å². The van der Waals surface area contributed by atoms with Gasteiger partial charge in [-0.25, -0.2) is 9.78 Å². The maximum absolute atomic E-state index is 11.7. The van der Waals surface area contributed by atoms with Crippen molar-refractivity contribution in [2.24, 2.45) is 0 Å². The number of ether oxygens (including phenoxy) is 1. The average molecular weight is 334 g/mol. The van der Waals surface area contributed by atoms with Crippen LogP contribution >= 0.6 is 11.8 Å². The summed E-state index contributed by atoms with van der Waals surface area (Å²) in [6.07, 6.45) is 0.0611. The fourth-order valence-electron chi connectivity index (χ4n) is 1.82. The van der Waals surface area contributed by atoms with E-state index >= 15 is 0 Å². The molecule has 0 saturated heterocycles. The van der Waals surface area contributed by atoms with E-state index in [0.29, 0.717) is 16.6 Å². The van der Waals surface area contributed by atoms with Crippen LogP contribution in [-0.4, -0.2) is 27.1 Å². The Bertz CT molecular complexity index is 743. The Morgan fingerprint density at radius 1 is 1.39 bits per heavy atom. The van der Waals surface area contributed by atoms with Gasteiger partial charge in [0.15, 0.2) is 5.16 Å². The number of aromatic amines is 1. The van der Waals surface area contributed by atoms with E-state index in [1.807, 2.05) is 19.9 Å². The number of nitrogens with zero attached hydrogens (tertiary/aromatic N) is 1. The molecule has 6 nitrogen and oxygen atoms in total. The van der Waals surface area contributed by atoms with Crippen molar-refractivity contribution in [3.63, 3.8) is 0 Å². The van der Waals surface area contributed by atoms with Crippen molar-refractivity contribution >= 4 is 17.7 Å². The largest absolute Gasteiger partial charge is 0.478 e. The molecule has 7 heteroatoms. The predicted molar refractivity (Wildman–Crippen MR) is 87.7 cm³/mol. The third-order valence-electron chi connectivity index (χ3n) is 2.89. The van der Waals surface area contributed by atoms with Crippen LogP contribution in [0.1, 0.15) is 35.5 Å². The number of aromatic carboxylic acids is 1. The van der Waals surface area contributed by atoms with E-state index in [1.54, 1.807) is 18.2 Å². The number of carbonyl (C=O) groups is 1. The Kier molecular flexibility index (Phi) is 5.95. The van der Waals surface area contributed by atoms with Gasteiger partial charge in [0.1, 0.15) is 0 Å². The molecule has 0 spiro atoms. The van der Waals surface area contributed by atoms with Crippen molar-refractivity contribution < 1.29 is 14.6 Å². The van der Waals surface area contributed by atoms with Gasteiger partial charge in [0.2, 0.25) is 0 Å². The smallest absolute Gasteiger partial charge is 0.335 e. The molecule has 1 aromatic heterocycles. The van der Waals surface area contributed by atoms with Crippen LogP contribution in [0.3, 0.4) is 0 Å². The molecule has 0 aliphatic heterocycles. The number of hydrogen-bond acceptors (Lipinski definition) is 5. The molecule has 23 heavy (non-hydrogen) atoms. The van der Waals surface area contributed by atoms with E-state index in [1.165, 1.54) is 17.8 Å². The summed E-state index contributed by atoms with van der Waals surface area (Å²) in [6.45, 7) is 4.11. The fourth-order valence-corrected chi connectivity index (χ4v) is 2.66. The zero-order chi connectivity index (χ0) is 16.8. The quantitative estimate of drug-likeness (QED) is 0.597. The lowest BCUT2D eigenvalue weighted by Gasteiger charge is -2.08. The number of H-pyrrole nitrogens is 1. The second kappa shape index (κ2) is 7.94. The number of carboxylic acid groups (broad SMARTS) is 1. The molecule has 0 bridgehead atoms. The van der Waals surface area contributed by atoms with Gasteiger partial charge in [-0.2, -0.15) is 0 Å². The van der Waals surface area contributed by atoms with Gasteiger partial charge in [-0.3, -0.25) is 4.79 Å². The molecule has 2 aromatic rings. The molecule has 0 aliphatic rings. The second-order valence-corrected chi connectivity index (χ2v) is 6.16. The van der Waals surface area contributed by atoms with Crippen molar-refractivity contribution in [3.05, 3.63) is 57.5 Å². The SMILES string of the molecule is CC(C)OCc1cc(=O)[nH]c(SCc2cccc(C(=O)O)c2)n1. The van der Waals surface area contributed by atoms with Gasteiger partial charge in [-0.1, -0.05) is 23.9 Å². The highest BCUT2D eigenvalue weighted by molar-refractivity contribution is 7.98. The minimum Gasteiger partial charge on any atom is -0.478 e. The van der Waals surface area contributed by atoms with Crippen molar-refractivity contribution in [1.82, 2.24) is 9.97 Å². The second-order valence-electron chi connectivity index (χ2n) is 5.20. The summed E-state index contributed by atoms with van der Waals surface area (Å²) in [6, 6.07) is 8.10. The van der Waals surface area contributed by atoms with Crippen LogP contribution in [-0.2, 0) is 17.1 Å². The summed E-state index contributed by atoms with van der Waals surface area (Å²) >= 11 is 1.34. The van der Waals surface area contributed by atoms with Crippen molar-refractivity contribution in [2.75, 3.05) is 0 Å². The van der Waals surface area contributed by atoms with Crippen LogP contribution in [0.4, 0.5) is 0 Å². The number of aromatic nitrogens is 2. The van der Waals surface area contributed by atoms with Crippen LogP contribution in [0.2, 0.25) is 0 Å². The first kappa shape index (κ1) is 17.2. The standard InChI is InChI=1S/C16H18N2O4S/c1-10(2)22-8-13-7-14(19)18-16(17-13)23-9-11-4-3-5-12(6-11)15(20)21/h3-7,10H,8-9H2,1-2H3,(H,20,21)(H,17,18,19). The van der Waals surface area contributed by atoms with E-state index in [-0.39, 0.29) is 23.8 Å². The van der Waals surface area contributed by atoms with E-state index in [9.17, 15) is 9.59 Å². The highest BCUT2D eigenvalue weighted by atomic mass is 32.2. The normalized spacial score (nSPS) is 10.9. The number of rotatable bonds is 7. The molecule has 0 saturated carbocycles. The predicted octanol–water partition coefficient (Wildman–Crippen LogP) is 2.69. The summed E-state index contributed by atoms with van der Waals surface area (Å²) < 4.78 is 5.45. The minimum absolute atomic E-state index is 0.0611. The van der Waals surface area contributed by atoms with Gasteiger partial charge in [-0.05, 0) is 31.5 Å². The first-order valence-electron chi connectivity index (χ1n) is 7.11. The number of thioether (sulfide) groups is 1. The average Bonchev–Trinajstić information content (AvgIpc) is 2.51. The Balaban J connectivity index is 2.06. The summed E-state index contributed by atoms with van der Waals surface area (Å²) in [5.74, 6) is -0.449. The van der Waals surface area contributed by atoms with Crippen LogP contribution in [0, 0.1) is 0 Å². The summed E-state index contributed by atoms with van der Waals surface area (Å²) in [5, 5.41) is 9.48. The Morgan fingerprint density at radius 3 is 2.87 bits per heavy atom. The number of hydrogen-bond donors (Lipinski definition) is 2. The van der Waals surface area contributed by atoms with E-state index in [0.717, 1.165) is 5.56 Å². The van der Waals surface area contributed by atoms with E-state index in [4.69, 9.17) is 9.84 Å². The molecule has 1 heterocycles. The molecule has 0 fully saturated rings. The van der Waals surface area contributed by atoms with Crippen molar-refractivity contribution in [2.45, 2.75) is 37.5 Å². The van der Waals surface area contributed by atoms with Crippen molar-refractivity contribution in [1.29, 1.82) is 0 Å². The molecule has 0 amide bonds. The topological polar surface area (TPSA) is 92.3 Å². The van der Waals surface area contributed by atoms with Gasteiger partial charge in [0.05, 0.1) is 24.0 Å². The summed E-state index contributed by atoms with van der Waals surface area (Å²) in [4.78, 5) is 29.6. The lowest BCUT2D eigenvalue weighted by atomic mass is 10.1. The zero-order valence-corrected chi connectivity index (χ0v) is 13.7. The molecular weight excluding hydrogens is 316 g/mol. The number of carboxylic acids is 1. The monoisotopic (exact) mass is 334 g/mol. The van der Waals surface area contributed by atoms with Gasteiger partial charge < -0.3 is 14.8 Å².